The van der Waals surface area contributed by atoms with Gasteiger partial charge in [0.05, 0.1) is 0 Å². The van der Waals surface area contributed by atoms with E-state index in [2.05, 4.69) is 10.3 Å². The summed E-state index contributed by atoms with van der Waals surface area (Å²) in [5.74, 6) is 0. The zero-order valence-corrected chi connectivity index (χ0v) is 21.5. The predicted molar refractivity (Wildman–Crippen MR) is 128 cm³/mol. The van der Waals surface area contributed by atoms with Crippen LogP contribution < -0.4 is 5.32 Å². The molecule has 2 aromatic rings. The van der Waals surface area contributed by atoms with Crippen LogP contribution in [0.1, 0.15) is 56.7 Å². The number of amides is 1. The average molecular weight is 516 g/mol. The Labute approximate surface area is 207 Å². The molecule has 2 atom stereocenters. The van der Waals surface area contributed by atoms with E-state index in [-0.39, 0.29) is 37.0 Å². The molecule has 3 rings (SSSR count). The fraction of sp³-hybridized carbons (Fsp3) is 0.600. The van der Waals surface area contributed by atoms with Gasteiger partial charge in [-0.2, -0.15) is 17.6 Å². The molecule has 0 spiro atoms. The van der Waals surface area contributed by atoms with Gasteiger partial charge in [0.2, 0.25) is 6.10 Å². The van der Waals surface area contributed by atoms with Crippen LogP contribution in [-0.4, -0.2) is 47.4 Å². The summed E-state index contributed by atoms with van der Waals surface area (Å²) in [6.07, 6.45) is -5.86. The topological polar surface area (TPSA) is 54.5 Å². The van der Waals surface area contributed by atoms with E-state index in [1.807, 2.05) is 37.8 Å². The molecular weight excluding hydrogens is 482 g/mol. The molecule has 0 radical (unpaired) electrons. The van der Waals surface area contributed by atoms with Crippen molar-refractivity contribution in [2.24, 2.45) is 5.41 Å². The van der Waals surface area contributed by atoms with E-state index >= 15 is 0 Å². The number of carbonyl (C=O) groups excluding carboxylic acids is 1. The molecule has 5 nitrogen and oxygen atoms in total. The first-order valence-corrected chi connectivity index (χ1v) is 12.5. The molecule has 1 N–H and O–H groups in total. The molecule has 1 amide bonds. The second-order valence-corrected chi connectivity index (χ2v) is 11.2. The van der Waals surface area contributed by atoms with Crippen molar-refractivity contribution in [1.82, 2.24) is 15.2 Å². The second kappa shape index (κ2) is 10.4. The van der Waals surface area contributed by atoms with Crippen molar-refractivity contribution in [3.8, 4) is 0 Å². The number of halogens is 4. The zero-order valence-electron chi connectivity index (χ0n) is 20.7. The Balaban J connectivity index is 1.94. The number of aryl methyl sites for hydroxylation is 2. The van der Waals surface area contributed by atoms with Gasteiger partial charge in [-0.3, -0.25) is 9.88 Å². The Morgan fingerprint density at radius 1 is 1.26 bits per heavy atom. The molecule has 1 fully saturated rings. The van der Waals surface area contributed by atoms with Gasteiger partial charge in [0, 0.05) is 40.3 Å². The van der Waals surface area contributed by atoms with E-state index in [1.54, 1.807) is 26.1 Å². The highest BCUT2D eigenvalue weighted by atomic mass is 32.1. The Bertz CT molecular complexity index is 1010. The number of pyridine rings is 1. The molecule has 194 valence electrons. The van der Waals surface area contributed by atoms with Gasteiger partial charge >= 0.3 is 12.3 Å². The number of alkyl carbamates (subject to hydrolysis) is 1. The third-order valence-electron chi connectivity index (χ3n) is 6.78. The third kappa shape index (κ3) is 6.52. The fourth-order valence-corrected chi connectivity index (χ4v) is 5.44. The maximum absolute atomic E-state index is 14.4. The number of likely N-dealkylation sites (tertiary alicyclic amines) is 1. The van der Waals surface area contributed by atoms with Crippen LogP contribution in [0.15, 0.2) is 30.5 Å². The molecule has 1 aliphatic heterocycles. The van der Waals surface area contributed by atoms with Gasteiger partial charge in [-0.05, 0) is 84.2 Å². The van der Waals surface area contributed by atoms with Crippen molar-refractivity contribution in [2.45, 2.75) is 77.7 Å². The number of hydrogen-bond acceptors (Lipinski definition) is 5. The molecule has 0 saturated carbocycles. The van der Waals surface area contributed by atoms with Crippen molar-refractivity contribution in [3.05, 3.63) is 51.7 Å². The van der Waals surface area contributed by atoms with E-state index < -0.39 is 29.3 Å². The smallest absolute Gasteiger partial charge is 0.426 e. The highest BCUT2D eigenvalue weighted by Gasteiger charge is 2.59. The van der Waals surface area contributed by atoms with Crippen molar-refractivity contribution in [3.63, 3.8) is 0 Å². The van der Waals surface area contributed by atoms with Gasteiger partial charge in [-0.15, -0.1) is 11.3 Å². The summed E-state index contributed by atoms with van der Waals surface area (Å²) in [5, 5.41) is 2.03. The van der Waals surface area contributed by atoms with E-state index in [0.717, 1.165) is 22.6 Å². The number of alkyl halides is 3. The Hall–Kier alpha value is -2.20. The molecule has 2 aromatic heterocycles. The summed E-state index contributed by atoms with van der Waals surface area (Å²) in [6.45, 7) is 9.56. The van der Waals surface area contributed by atoms with Gasteiger partial charge in [0.25, 0.3) is 0 Å². The maximum atomic E-state index is 14.4. The number of nitrogens with one attached hydrogen (secondary N) is 1. The van der Waals surface area contributed by atoms with E-state index in [4.69, 9.17) is 4.74 Å². The lowest BCUT2D eigenvalue weighted by atomic mass is 9.76. The standard InChI is InChI=1S/C25H33F4N3O2S/c1-16(2)31-22(33)34-21(25(27,28)29)24(11-10-19-8-9-20(26)35-19)12-13-32(15-24)23(4,5)18-7-6-17(3)30-14-18/h6-9,14,16,21H,10-13,15H2,1-5H3,(H,31,33)/t21-,24?/m0/s1. The van der Waals surface area contributed by atoms with Crippen LogP contribution >= 0.6 is 11.3 Å². The van der Waals surface area contributed by atoms with Crippen LogP contribution in [0.3, 0.4) is 0 Å². The summed E-state index contributed by atoms with van der Waals surface area (Å²) >= 11 is 0.926. The van der Waals surface area contributed by atoms with Crippen LogP contribution in [0.2, 0.25) is 0 Å². The number of ether oxygens (including phenoxy) is 1. The number of aromatic nitrogens is 1. The number of nitrogens with zero attached hydrogens (tertiary/aromatic N) is 2. The predicted octanol–water partition coefficient (Wildman–Crippen LogP) is 6.22. The average Bonchev–Trinajstić information content (AvgIpc) is 3.37. The van der Waals surface area contributed by atoms with Gasteiger partial charge in [0.1, 0.15) is 0 Å². The van der Waals surface area contributed by atoms with Crippen molar-refractivity contribution in [2.75, 3.05) is 13.1 Å². The molecular formula is C25H33F4N3O2S. The second-order valence-electron chi connectivity index (χ2n) is 10.1. The lowest BCUT2D eigenvalue weighted by molar-refractivity contribution is -0.238. The van der Waals surface area contributed by atoms with Crippen LogP contribution in [0.5, 0.6) is 0 Å². The first-order chi connectivity index (χ1) is 16.2. The summed E-state index contributed by atoms with van der Waals surface area (Å²) in [7, 11) is 0. The molecule has 0 aliphatic carbocycles. The first-order valence-electron chi connectivity index (χ1n) is 11.7. The lowest BCUT2D eigenvalue weighted by Crippen LogP contribution is -2.52. The Morgan fingerprint density at radius 3 is 2.51 bits per heavy atom. The van der Waals surface area contributed by atoms with Gasteiger partial charge in [-0.1, -0.05) is 6.07 Å². The van der Waals surface area contributed by atoms with E-state index in [1.165, 1.54) is 6.07 Å². The highest BCUT2D eigenvalue weighted by Crippen LogP contribution is 2.49. The number of carbonyl (C=O) groups is 1. The number of hydrogen-bond donors (Lipinski definition) is 1. The normalized spacial score (nSPS) is 20.3. The quantitative estimate of drug-likeness (QED) is 0.425. The van der Waals surface area contributed by atoms with Crippen LogP contribution in [0.4, 0.5) is 22.4 Å². The summed E-state index contributed by atoms with van der Waals surface area (Å²) < 4.78 is 62.0. The molecule has 1 saturated heterocycles. The maximum Gasteiger partial charge on any atom is 0.426 e. The van der Waals surface area contributed by atoms with Gasteiger partial charge in [-0.25, -0.2) is 4.79 Å². The molecule has 0 bridgehead atoms. The summed E-state index contributed by atoms with van der Waals surface area (Å²) in [5.41, 5.74) is -0.234. The van der Waals surface area contributed by atoms with Crippen LogP contribution in [0.25, 0.3) is 0 Å². The first kappa shape index (κ1) is 27.4. The molecule has 1 unspecified atom stereocenters. The summed E-state index contributed by atoms with van der Waals surface area (Å²) in [6, 6.07) is 6.36. The molecule has 35 heavy (non-hydrogen) atoms. The van der Waals surface area contributed by atoms with Crippen molar-refractivity contribution >= 4 is 17.4 Å². The minimum absolute atomic E-state index is 0.0703. The van der Waals surface area contributed by atoms with Gasteiger partial charge in [0.15, 0.2) is 5.13 Å². The number of thiophene rings is 1. The molecule has 3 heterocycles. The Morgan fingerprint density at radius 2 is 1.97 bits per heavy atom. The zero-order chi connectivity index (χ0) is 26.0. The third-order valence-corrected chi connectivity index (χ3v) is 7.71. The highest BCUT2D eigenvalue weighted by molar-refractivity contribution is 7.10. The molecule has 1 aliphatic rings. The molecule has 10 heteroatoms. The fourth-order valence-electron chi connectivity index (χ4n) is 4.71. The van der Waals surface area contributed by atoms with E-state index in [0.29, 0.717) is 11.4 Å². The van der Waals surface area contributed by atoms with Gasteiger partial charge < -0.3 is 10.1 Å². The largest absolute Gasteiger partial charge is 0.436 e. The van der Waals surface area contributed by atoms with Crippen LogP contribution in [-0.2, 0) is 16.7 Å². The van der Waals surface area contributed by atoms with Crippen molar-refractivity contribution in [1.29, 1.82) is 0 Å². The van der Waals surface area contributed by atoms with Crippen LogP contribution in [0, 0.1) is 17.5 Å². The Kier molecular flexibility index (Phi) is 8.16. The van der Waals surface area contributed by atoms with Crippen molar-refractivity contribution < 1.29 is 27.1 Å². The minimum Gasteiger partial charge on any atom is -0.436 e. The minimum atomic E-state index is -4.76. The SMILES string of the molecule is Cc1ccc(C(C)(C)N2CCC(CCc3ccc(F)s3)([C@H](OC(=O)NC(C)C)C(F)(F)F)C2)cn1. The summed E-state index contributed by atoms with van der Waals surface area (Å²) in [4.78, 5) is 19.3. The molecule has 0 aromatic carbocycles. The van der Waals surface area contributed by atoms with E-state index in [9.17, 15) is 22.4 Å². The lowest BCUT2D eigenvalue weighted by Gasteiger charge is -2.41. The number of rotatable bonds is 8. The monoisotopic (exact) mass is 515 g/mol.